The zero-order valence-electron chi connectivity index (χ0n) is 16.1. The summed E-state index contributed by atoms with van der Waals surface area (Å²) in [4.78, 5) is 17.0. The van der Waals surface area contributed by atoms with E-state index in [0.717, 1.165) is 41.1 Å². The number of aromatic nitrogens is 5. The number of nitrogens with one attached hydrogen (secondary N) is 1. The first-order chi connectivity index (χ1) is 13.6. The maximum atomic E-state index is 12.6. The molecule has 0 aromatic carbocycles. The molecule has 0 spiro atoms. The minimum absolute atomic E-state index is 0.0542. The van der Waals surface area contributed by atoms with E-state index in [0.29, 0.717) is 11.5 Å². The number of amides is 1. The van der Waals surface area contributed by atoms with Gasteiger partial charge in [-0.1, -0.05) is 6.92 Å². The van der Waals surface area contributed by atoms with E-state index in [1.807, 2.05) is 42.8 Å². The summed E-state index contributed by atoms with van der Waals surface area (Å²) >= 11 is 0. The smallest absolute Gasteiger partial charge is 0.247 e. The van der Waals surface area contributed by atoms with E-state index >= 15 is 0 Å². The molecule has 0 unspecified atom stereocenters. The average Bonchev–Trinajstić information content (AvgIpc) is 3.37. The van der Waals surface area contributed by atoms with Crippen molar-refractivity contribution in [3.05, 3.63) is 48.1 Å². The third-order valence-electron chi connectivity index (χ3n) is 4.57. The maximum Gasteiger partial charge on any atom is 0.247 e. The lowest BCUT2D eigenvalue weighted by Crippen LogP contribution is -2.20. The van der Waals surface area contributed by atoms with Crippen LogP contribution in [0.5, 0.6) is 0 Å². The van der Waals surface area contributed by atoms with Gasteiger partial charge in [-0.25, -0.2) is 9.67 Å². The summed E-state index contributed by atoms with van der Waals surface area (Å²) in [6.45, 7) is 6.85. The minimum atomic E-state index is -0.198. The SMILES string of the molecule is CCCn1nc(NC(=O)Cn2nc(C)c3c(-c4ccco4)ccnc32)cc1C. The van der Waals surface area contributed by atoms with Crippen molar-refractivity contribution in [3.63, 3.8) is 0 Å². The number of carbonyl (C=O) groups is 1. The Morgan fingerprint density at radius 3 is 2.82 bits per heavy atom. The van der Waals surface area contributed by atoms with Crippen LogP contribution in [0, 0.1) is 13.8 Å². The van der Waals surface area contributed by atoms with Crippen molar-refractivity contribution in [3.8, 4) is 11.3 Å². The van der Waals surface area contributed by atoms with E-state index in [-0.39, 0.29) is 12.5 Å². The van der Waals surface area contributed by atoms with E-state index < -0.39 is 0 Å². The molecule has 4 rings (SSSR count). The molecule has 0 bridgehead atoms. The van der Waals surface area contributed by atoms with Crippen LogP contribution in [0.3, 0.4) is 0 Å². The van der Waals surface area contributed by atoms with Crippen LogP contribution in [0.2, 0.25) is 0 Å². The summed E-state index contributed by atoms with van der Waals surface area (Å²) in [5, 5.41) is 12.7. The monoisotopic (exact) mass is 378 g/mol. The van der Waals surface area contributed by atoms with Gasteiger partial charge in [0.05, 0.1) is 17.3 Å². The first-order valence-corrected chi connectivity index (χ1v) is 9.27. The molecule has 0 aliphatic heterocycles. The van der Waals surface area contributed by atoms with Gasteiger partial charge in [0.25, 0.3) is 0 Å². The molecule has 4 heterocycles. The van der Waals surface area contributed by atoms with E-state index in [1.165, 1.54) is 0 Å². The fourth-order valence-corrected chi connectivity index (χ4v) is 3.36. The molecule has 8 heteroatoms. The molecule has 28 heavy (non-hydrogen) atoms. The summed E-state index contributed by atoms with van der Waals surface area (Å²) < 4.78 is 9.03. The lowest BCUT2D eigenvalue weighted by atomic mass is 10.1. The summed E-state index contributed by atoms with van der Waals surface area (Å²) in [6.07, 6.45) is 4.32. The van der Waals surface area contributed by atoms with Crippen molar-refractivity contribution >= 4 is 22.8 Å². The number of aryl methyl sites for hydroxylation is 3. The quantitative estimate of drug-likeness (QED) is 0.554. The predicted molar refractivity (Wildman–Crippen MR) is 106 cm³/mol. The number of fused-ring (bicyclic) bond motifs is 1. The van der Waals surface area contributed by atoms with Crippen LogP contribution in [0.15, 0.2) is 41.1 Å². The van der Waals surface area contributed by atoms with Gasteiger partial charge < -0.3 is 9.73 Å². The Kier molecular flexibility index (Phi) is 4.68. The van der Waals surface area contributed by atoms with E-state index in [4.69, 9.17) is 4.42 Å². The Labute approximate surface area is 162 Å². The molecule has 0 saturated carbocycles. The Balaban J connectivity index is 1.59. The molecule has 1 N–H and O–H groups in total. The van der Waals surface area contributed by atoms with Gasteiger partial charge in [0.15, 0.2) is 11.5 Å². The van der Waals surface area contributed by atoms with Gasteiger partial charge in [-0.3, -0.25) is 9.48 Å². The second-order valence-electron chi connectivity index (χ2n) is 6.72. The Hall–Kier alpha value is -3.42. The zero-order chi connectivity index (χ0) is 19.7. The van der Waals surface area contributed by atoms with Crippen molar-refractivity contribution < 1.29 is 9.21 Å². The number of anilines is 1. The molecule has 1 amide bonds. The average molecular weight is 378 g/mol. The van der Waals surface area contributed by atoms with Crippen molar-refractivity contribution in [2.24, 2.45) is 0 Å². The molecule has 0 atom stereocenters. The van der Waals surface area contributed by atoms with Crippen molar-refractivity contribution in [2.75, 3.05) is 5.32 Å². The van der Waals surface area contributed by atoms with Gasteiger partial charge in [0, 0.05) is 30.1 Å². The minimum Gasteiger partial charge on any atom is -0.464 e. The lowest BCUT2D eigenvalue weighted by molar-refractivity contribution is -0.116. The summed E-state index contributed by atoms with van der Waals surface area (Å²) in [5.41, 5.74) is 3.37. The summed E-state index contributed by atoms with van der Waals surface area (Å²) in [6, 6.07) is 7.50. The molecule has 4 aromatic rings. The fraction of sp³-hybridized carbons (Fsp3) is 0.300. The highest BCUT2D eigenvalue weighted by atomic mass is 16.3. The van der Waals surface area contributed by atoms with Gasteiger partial charge in [-0.2, -0.15) is 10.2 Å². The van der Waals surface area contributed by atoms with Gasteiger partial charge in [0.2, 0.25) is 5.91 Å². The Morgan fingerprint density at radius 1 is 1.21 bits per heavy atom. The molecule has 144 valence electrons. The number of hydrogen-bond donors (Lipinski definition) is 1. The number of hydrogen-bond acceptors (Lipinski definition) is 5. The molecule has 0 saturated heterocycles. The number of pyridine rings is 1. The zero-order valence-corrected chi connectivity index (χ0v) is 16.1. The first-order valence-electron chi connectivity index (χ1n) is 9.27. The second-order valence-corrected chi connectivity index (χ2v) is 6.72. The molecule has 0 aliphatic rings. The standard InChI is InChI=1S/C20H22N6O2/c1-4-9-25-13(2)11-17(24-25)22-18(27)12-26-20-19(14(3)23-26)15(7-8-21-20)16-6-5-10-28-16/h5-8,10-11H,4,9,12H2,1-3H3,(H,22,24,27). The van der Waals surface area contributed by atoms with Gasteiger partial charge in [-0.15, -0.1) is 0 Å². The third-order valence-corrected chi connectivity index (χ3v) is 4.57. The molecule has 4 aromatic heterocycles. The topological polar surface area (TPSA) is 90.8 Å². The number of carbonyl (C=O) groups excluding carboxylic acids is 1. The van der Waals surface area contributed by atoms with E-state index in [1.54, 1.807) is 17.1 Å². The van der Waals surface area contributed by atoms with Crippen LogP contribution < -0.4 is 5.32 Å². The van der Waals surface area contributed by atoms with Gasteiger partial charge >= 0.3 is 0 Å². The highest BCUT2D eigenvalue weighted by Gasteiger charge is 2.17. The first kappa shape index (κ1) is 18.0. The molecule has 8 nitrogen and oxygen atoms in total. The van der Waals surface area contributed by atoms with Gasteiger partial charge in [0.1, 0.15) is 12.3 Å². The third kappa shape index (κ3) is 3.28. The van der Waals surface area contributed by atoms with E-state index in [9.17, 15) is 4.79 Å². The Morgan fingerprint density at radius 2 is 2.07 bits per heavy atom. The molecular weight excluding hydrogens is 356 g/mol. The summed E-state index contributed by atoms with van der Waals surface area (Å²) in [7, 11) is 0. The molecular formula is C20H22N6O2. The predicted octanol–water partition coefficient (Wildman–Crippen LogP) is 3.55. The molecule has 0 fully saturated rings. The highest BCUT2D eigenvalue weighted by molar-refractivity contribution is 5.95. The summed E-state index contributed by atoms with van der Waals surface area (Å²) in [5.74, 6) is 1.10. The lowest BCUT2D eigenvalue weighted by Gasteiger charge is -2.04. The van der Waals surface area contributed by atoms with Crippen LogP contribution in [0.4, 0.5) is 5.82 Å². The van der Waals surface area contributed by atoms with Crippen molar-refractivity contribution in [1.29, 1.82) is 0 Å². The number of furan rings is 1. The van der Waals surface area contributed by atoms with Crippen LogP contribution >= 0.6 is 0 Å². The maximum absolute atomic E-state index is 12.6. The number of nitrogens with zero attached hydrogens (tertiary/aromatic N) is 5. The van der Waals surface area contributed by atoms with Crippen molar-refractivity contribution in [1.82, 2.24) is 24.5 Å². The highest BCUT2D eigenvalue weighted by Crippen LogP contribution is 2.30. The molecule has 0 radical (unpaired) electrons. The van der Waals surface area contributed by atoms with Crippen LogP contribution in [0.1, 0.15) is 24.7 Å². The van der Waals surface area contributed by atoms with Crippen LogP contribution in [0.25, 0.3) is 22.4 Å². The van der Waals surface area contributed by atoms with Crippen molar-refractivity contribution in [2.45, 2.75) is 40.3 Å². The fourth-order valence-electron chi connectivity index (χ4n) is 3.36. The number of rotatable bonds is 6. The van der Waals surface area contributed by atoms with Crippen LogP contribution in [-0.4, -0.2) is 30.5 Å². The Bertz CT molecular complexity index is 1120. The molecule has 0 aliphatic carbocycles. The van der Waals surface area contributed by atoms with E-state index in [2.05, 4.69) is 27.4 Å². The largest absolute Gasteiger partial charge is 0.464 e. The normalized spacial score (nSPS) is 11.2. The second kappa shape index (κ2) is 7.30. The van der Waals surface area contributed by atoms with Crippen LogP contribution in [-0.2, 0) is 17.9 Å². The van der Waals surface area contributed by atoms with Gasteiger partial charge in [-0.05, 0) is 38.5 Å².